The van der Waals surface area contributed by atoms with Crippen molar-refractivity contribution in [1.29, 1.82) is 0 Å². The van der Waals surface area contributed by atoms with E-state index >= 15 is 0 Å². The summed E-state index contributed by atoms with van der Waals surface area (Å²) >= 11 is 6.32. The summed E-state index contributed by atoms with van der Waals surface area (Å²) in [7, 11) is 0. The van der Waals surface area contributed by atoms with E-state index in [1.54, 1.807) is 23.4 Å². The minimum absolute atomic E-state index is 0.163. The van der Waals surface area contributed by atoms with Gasteiger partial charge in [-0.25, -0.2) is 15.0 Å². The SMILES string of the molecule is O=C(NCc1ccc2c(c1)OCCO2)C1CN(c2cc(Cl)nc(-c3ncc[nH]3)n2)CCN1C(=O)C1CCCO1. The van der Waals surface area contributed by atoms with E-state index in [-0.39, 0.29) is 30.1 Å². The Labute approximate surface area is 229 Å². The third kappa shape index (κ3) is 5.48. The zero-order valence-electron chi connectivity index (χ0n) is 21.1. The first-order valence-electron chi connectivity index (χ1n) is 12.9. The van der Waals surface area contributed by atoms with Crippen LogP contribution in [0.15, 0.2) is 36.7 Å². The van der Waals surface area contributed by atoms with Crippen molar-refractivity contribution in [3.05, 3.63) is 47.4 Å². The summed E-state index contributed by atoms with van der Waals surface area (Å²) in [6.45, 7) is 2.85. The molecule has 2 atom stereocenters. The zero-order valence-corrected chi connectivity index (χ0v) is 21.9. The van der Waals surface area contributed by atoms with Crippen LogP contribution in [0.25, 0.3) is 11.6 Å². The van der Waals surface area contributed by atoms with Gasteiger partial charge in [-0.05, 0) is 30.5 Å². The van der Waals surface area contributed by atoms with Gasteiger partial charge in [-0.15, -0.1) is 0 Å². The molecule has 6 rings (SSSR count). The van der Waals surface area contributed by atoms with Gasteiger partial charge >= 0.3 is 0 Å². The van der Waals surface area contributed by atoms with Gasteiger partial charge in [0.15, 0.2) is 23.1 Å². The van der Waals surface area contributed by atoms with Crippen LogP contribution in [-0.4, -0.2) is 88.3 Å². The molecule has 3 aliphatic heterocycles. The normalized spacial score (nSPS) is 20.6. The number of anilines is 1. The van der Waals surface area contributed by atoms with Crippen molar-refractivity contribution in [2.75, 3.05) is 44.4 Å². The van der Waals surface area contributed by atoms with Crippen LogP contribution in [0.4, 0.5) is 5.82 Å². The molecule has 2 saturated heterocycles. The van der Waals surface area contributed by atoms with Gasteiger partial charge < -0.3 is 34.3 Å². The second-order valence-corrected chi connectivity index (χ2v) is 9.89. The lowest BCUT2D eigenvalue weighted by Gasteiger charge is -2.41. The van der Waals surface area contributed by atoms with E-state index in [2.05, 4.69) is 25.3 Å². The van der Waals surface area contributed by atoms with Crippen LogP contribution in [0.2, 0.25) is 5.15 Å². The average molecular weight is 554 g/mol. The Balaban J connectivity index is 1.21. The van der Waals surface area contributed by atoms with Crippen molar-refractivity contribution in [2.45, 2.75) is 31.5 Å². The van der Waals surface area contributed by atoms with E-state index in [9.17, 15) is 9.59 Å². The highest BCUT2D eigenvalue weighted by Crippen LogP contribution is 2.31. The number of nitrogens with zero attached hydrogens (tertiary/aromatic N) is 5. The number of aromatic amines is 1. The van der Waals surface area contributed by atoms with Crippen LogP contribution in [0.5, 0.6) is 11.5 Å². The van der Waals surface area contributed by atoms with Crippen LogP contribution in [0.1, 0.15) is 18.4 Å². The van der Waals surface area contributed by atoms with Crippen LogP contribution in [0.3, 0.4) is 0 Å². The van der Waals surface area contributed by atoms with Crippen molar-refractivity contribution in [2.24, 2.45) is 0 Å². The number of imidazole rings is 1. The predicted octanol–water partition coefficient (Wildman–Crippen LogP) is 1.80. The Kier molecular flexibility index (Phi) is 7.20. The maximum absolute atomic E-state index is 13.6. The van der Waals surface area contributed by atoms with Gasteiger partial charge in [-0.1, -0.05) is 17.7 Å². The van der Waals surface area contributed by atoms with Crippen LogP contribution in [-0.2, 0) is 20.9 Å². The Morgan fingerprint density at radius 2 is 1.97 bits per heavy atom. The molecular weight excluding hydrogens is 526 g/mol. The highest BCUT2D eigenvalue weighted by Gasteiger charge is 2.39. The molecule has 0 aliphatic carbocycles. The van der Waals surface area contributed by atoms with Crippen LogP contribution >= 0.6 is 11.6 Å². The largest absolute Gasteiger partial charge is 0.486 e. The van der Waals surface area contributed by atoms with Gasteiger partial charge in [0.1, 0.15) is 36.3 Å². The molecule has 1 aromatic carbocycles. The number of aromatic nitrogens is 4. The van der Waals surface area contributed by atoms with E-state index in [0.29, 0.717) is 68.3 Å². The van der Waals surface area contributed by atoms with E-state index in [4.69, 9.17) is 25.8 Å². The number of carbonyl (C=O) groups is 2. The van der Waals surface area contributed by atoms with Gasteiger partial charge in [0.05, 0.1) is 0 Å². The van der Waals surface area contributed by atoms with E-state index in [1.807, 2.05) is 23.1 Å². The first-order chi connectivity index (χ1) is 19.0. The molecule has 2 aromatic heterocycles. The number of hydrogen-bond donors (Lipinski definition) is 2. The van der Waals surface area contributed by atoms with Crippen LogP contribution < -0.4 is 19.7 Å². The molecule has 12 nitrogen and oxygen atoms in total. The van der Waals surface area contributed by atoms with Gasteiger partial charge in [0.2, 0.25) is 5.91 Å². The number of amides is 2. The third-order valence-corrected chi connectivity index (χ3v) is 7.15. The molecule has 2 N–H and O–H groups in total. The van der Waals surface area contributed by atoms with Crippen molar-refractivity contribution in [3.63, 3.8) is 0 Å². The van der Waals surface area contributed by atoms with Gasteiger partial charge in [-0.2, -0.15) is 0 Å². The van der Waals surface area contributed by atoms with Gasteiger partial charge in [0.25, 0.3) is 5.91 Å². The average Bonchev–Trinajstić information content (AvgIpc) is 3.70. The van der Waals surface area contributed by atoms with E-state index in [0.717, 1.165) is 12.0 Å². The summed E-state index contributed by atoms with van der Waals surface area (Å²) in [5.74, 6) is 2.29. The second-order valence-electron chi connectivity index (χ2n) is 9.50. The number of benzene rings is 1. The van der Waals surface area contributed by atoms with E-state index in [1.165, 1.54) is 0 Å². The molecule has 2 fully saturated rings. The lowest BCUT2D eigenvalue weighted by molar-refractivity contribution is -0.148. The maximum atomic E-state index is 13.6. The fourth-order valence-corrected chi connectivity index (χ4v) is 5.18. The quantitative estimate of drug-likeness (QED) is 0.438. The molecule has 0 saturated carbocycles. The Morgan fingerprint density at radius 3 is 2.77 bits per heavy atom. The molecule has 2 amide bonds. The standard InChI is InChI=1S/C26H28ClN7O5/c27-21-13-22(32-24(31-21)23-28-5-6-29-23)33-7-8-34(26(36)19-2-1-9-37-19)17(15-33)25(35)30-14-16-3-4-18-20(12-16)39-11-10-38-18/h3-6,12-13,17,19H,1-2,7-11,14-15H2,(H,28,29)(H,30,35). The summed E-state index contributed by atoms with van der Waals surface area (Å²) in [6.07, 6.45) is 4.24. The number of H-pyrrole nitrogens is 1. The fraction of sp³-hybridized carbons (Fsp3) is 0.423. The molecular formula is C26H28ClN7O5. The lowest BCUT2D eigenvalue weighted by atomic mass is 10.1. The minimum Gasteiger partial charge on any atom is -0.486 e. The molecule has 0 radical (unpaired) electrons. The topological polar surface area (TPSA) is 135 Å². The highest BCUT2D eigenvalue weighted by atomic mass is 35.5. The number of piperazine rings is 1. The molecule has 0 bridgehead atoms. The molecule has 13 heteroatoms. The third-order valence-electron chi connectivity index (χ3n) is 6.96. The Morgan fingerprint density at radius 1 is 1.10 bits per heavy atom. The molecule has 39 heavy (non-hydrogen) atoms. The summed E-state index contributed by atoms with van der Waals surface area (Å²) in [5.41, 5.74) is 0.864. The van der Waals surface area contributed by atoms with Gasteiger partial charge in [0, 0.05) is 51.2 Å². The second kappa shape index (κ2) is 11.1. The first-order valence-corrected chi connectivity index (χ1v) is 13.3. The molecule has 2 unspecified atom stereocenters. The number of hydrogen-bond acceptors (Lipinski definition) is 9. The Bertz CT molecular complexity index is 1350. The highest BCUT2D eigenvalue weighted by molar-refractivity contribution is 6.29. The van der Waals surface area contributed by atoms with Gasteiger partial charge in [-0.3, -0.25) is 9.59 Å². The summed E-state index contributed by atoms with van der Waals surface area (Å²) in [5, 5.41) is 3.25. The number of fused-ring (bicyclic) bond motifs is 1. The van der Waals surface area contributed by atoms with Crippen LogP contribution in [0, 0.1) is 0 Å². The van der Waals surface area contributed by atoms with Crippen molar-refractivity contribution in [1.82, 2.24) is 30.2 Å². The number of ether oxygens (including phenoxy) is 3. The summed E-state index contributed by atoms with van der Waals surface area (Å²) in [6, 6.07) is 6.47. The number of halogens is 1. The first kappa shape index (κ1) is 25.4. The maximum Gasteiger partial charge on any atom is 0.252 e. The molecule has 5 heterocycles. The lowest BCUT2D eigenvalue weighted by Crippen LogP contribution is -2.62. The Hall–Kier alpha value is -3.90. The number of rotatable bonds is 6. The number of carbonyl (C=O) groups excluding carboxylic acids is 2. The van der Waals surface area contributed by atoms with E-state index < -0.39 is 12.1 Å². The van der Waals surface area contributed by atoms with Crippen molar-refractivity contribution in [3.8, 4) is 23.1 Å². The summed E-state index contributed by atoms with van der Waals surface area (Å²) < 4.78 is 16.9. The minimum atomic E-state index is -0.756. The molecule has 3 aromatic rings. The molecule has 204 valence electrons. The number of nitrogens with one attached hydrogen (secondary N) is 2. The monoisotopic (exact) mass is 553 g/mol. The smallest absolute Gasteiger partial charge is 0.252 e. The predicted molar refractivity (Wildman–Crippen MR) is 141 cm³/mol. The fourth-order valence-electron chi connectivity index (χ4n) is 5.00. The van der Waals surface area contributed by atoms with Crippen molar-refractivity contribution < 1.29 is 23.8 Å². The summed E-state index contributed by atoms with van der Waals surface area (Å²) in [4.78, 5) is 46.6. The zero-order chi connectivity index (χ0) is 26.8. The molecule has 0 spiro atoms. The molecule has 3 aliphatic rings. The van der Waals surface area contributed by atoms with Crippen molar-refractivity contribution >= 4 is 29.2 Å².